The third-order valence-electron chi connectivity index (χ3n) is 3.64. The molecule has 5 nitrogen and oxygen atoms in total. The molecule has 1 aromatic heterocycles. The minimum absolute atomic E-state index is 0.0789. The number of alkyl halides is 2. The van der Waals surface area contributed by atoms with Crippen LogP contribution >= 0.6 is 11.3 Å². The Bertz CT molecular complexity index is 686. The molecule has 8 heteroatoms. The summed E-state index contributed by atoms with van der Waals surface area (Å²) >= 11 is 0.682. The zero-order valence-electron chi connectivity index (χ0n) is 12.3. The Morgan fingerprint density at radius 3 is 2.78 bits per heavy atom. The Morgan fingerprint density at radius 2 is 2.09 bits per heavy atom. The average molecular weight is 338 g/mol. The third-order valence-corrected chi connectivity index (χ3v) is 4.49. The van der Waals surface area contributed by atoms with Crippen LogP contribution < -0.4 is 5.32 Å². The molecule has 2 aromatic rings. The molecule has 0 saturated carbocycles. The normalized spacial score (nSPS) is 15.3. The maximum Gasteiger partial charge on any atom is 0.291 e. The molecule has 3 rings (SSSR count). The molecule has 1 fully saturated rings. The van der Waals surface area contributed by atoms with Crippen molar-refractivity contribution in [3.8, 4) is 0 Å². The van der Waals surface area contributed by atoms with Gasteiger partial charge in [0.15, 0.2) is 5.01 Å². The van der Waals surface area contributed by atoms with Crippen LogP contribution in [0.1, 0.15) is 40.2 Å². The van der Waals surface area contributed by atoms with Gasteiger partial charge in [0.05, 0.1) is 0 Å². The molecule has 1 saturated heterocycles. The Morgan fingerprint density at radius 1 is 1.30 bits per heavy atom. The summed E-state index contributed by atoms with van der Waals surface area (Å²) in [5.41, 5.74) is 1.54. The van der Waals surface area contributed by atoms with Crippen molar-refractivity contribution in [2.45, 2.75) is 25.8 Å². The molecule has 1 aliphatic heterocycles. The fourth-order valence-electron chi connectivity index (χ4n) is 2.55. The van der Waals surface area contributed by atoms with Gasteiger partial charge in [-0.3, -0.25) is 15.0 Å². The minimum atomic E-state index is -2.68. The van der Waals surface area contributed by atoms with Crippen LogP contribution in [-0.2, 0) is 6.54 Å². The van der Waals surface area contributed by atoms with Gasteiger partial charge in [-0.15, -0.1) is 10.2 Å². The Labute approximate surface area is 136 Å². The zero-order valence-corrected chi connectivity index (χ0v) is 13.2. The molecule has 0 atom stereocenters. The first-order chi connectivity index (χ1) is 11.1. The molecule has 0 aliphatic carbocycles. The lowest BCUT2D eigenvalue weighted by Gasteiger charge is -2.14. The molecule has 2 heterocycles. The summed E-state index contributed by atoms with van der Waals surface area (Å²) in [5, 5.41) is 9.09. The summed E-state index contributed by atoms with van der Waals surface area (Å²) in [6, 6.07) is 7.32. The van der Waals surface area contributed by atoms with E-state index in [0.717, 1.165) is 25.2 Å². The lowest BCUT2D eigenvalue weighted by Crippen LogP contribution is -2.19. The summed E-state index contributed by atoms with van der Waals surface area (Å²) in [7, 11) is 0. The van der Waals surface area contributed by atoms with Crippen molar-refractivity contribution in [1.29, 1.82) is 0 Å². The van der Waals surface area contributed by atoms with E-state index in [9.17, 15) is 13.6 Å². The Hall–Kier alpha value is -1.93. The first kappa shape index (κ1) is 15.9. The summed E-state index contributed by atoms with van der Waals surface area (Å²) < 4.78 is 25.0. The van der Waals surface area contributed by atoms with E-state index in [1.807, 2.05) is 18.2 Å². The predicted octanol–water partition coefficient (Wildman–Crippen LogP) is 3.32. The SMILES string of the molecule is O=C(Nc1nnc(C(F)F)s1)c1cccc(CN2CCCC2)c1. The number of rotatable bonds is 5. The first-order valence-electron chi connectivity index (χ1n) is 7.36. The van der Waals surface area contributed by atoms with Crippen LogP contribution in [0.3, 0.4) is 0 Å². The van der Waals surface area contributed by atoms with E-state index in [-0.39, 0.29) is 11.0 Å². The fourth-order valence-corrected chi connectivity index (χ4v) is 3.15. The molecule has 1 N–H and O–H groups in total. The molecule has 1 amide bonds. The number of carbonyl (C=O) groups excluding carboxylic acids is 1. The summed E-state index contributed by atoms with van der Waals surface area (Å²) in [6.07, 6.45) is -0.255. The van der Waals surface area contributed by atoms with Crippen molar-refractivity contribution in [2.75, 3.05) is 18.4 Å². The Kier molecular flexibility index (Phi) is 4.92. The van der Waals surface area contributed by atoms with E-state index in [2.05, 4.69) is 20.4 Å². The summed E-state index contributed by atoms with van der Waals surface area (Å²) in [6.45, 7) is 2.98. The van der Waals surface area contributed by atoms with Crippen molar-refractivity contribution >= 4 is 22.4 Å². The van der Waals surface area contributed by atoms with Crippen molar-refractivity contribution in [2.24, 2.45) is 0 Å². The highest BCUT2D eigenvalue weighted by Gasteiger charge is 2.17. The standard InChI is InChI=1S/C15H16F2N4OS/c16-12(17)14-19-20-15(23-14)18-13(22)11-5-3-4-10(8-11)9-21-6-1-2-7-21/h3-5,8,12H,1-2,6-7,9H2,(H,18,20,22). The molecule has 1 aliphatic rings. The van der Waals surface area contributed by atoms with Crippen molar-refractivity contribution in [3.63, 3.8) is 0 Å². The van der Waals surface area contributed by atoms with Crippen LogP contribution in [0.25, 0.3) is 0 Å². The number of hydrogen-bond acceptors (Lipinski definition) is 5. The molecular weight excluding hydrogens is 322 g/mol. The van der Waals surface area contributed by atoms with E-state index in [1.54, 1.807) is 6.07 Å². The van der Waals surface area contributed by atoms with Gasteiger partial charge in [0, 0.05) is 12.1 Å². The molecule has 0 radical (unpaired) electrons. The first-order valence-corrected chi connectivity index (χ1v) is 8.17. The Balaban J connectivity index is 1.66. The maximum atomic E-state index is 12.5. The van der Waals surface area contributed by atoms with Gasteiger partial charge in [0.1, 0.15) is 0 Å². The van der Waals surface area contributed by atoms with Crippen LogP contribution in [-0.4, -0.2) is 34.1 Å². The van der Waals surface area contributed by atoms with Crippen molar-refractivity contribution < 1.29 is 13.6 Å². The van der Waals surface area contributed by atoms with Crippen LogP contribution in [0.15, 0.2) is 24.3 Å². The number of nitrogens with one attached hydrogen (secondary N) is 1. The van der Waals surface area contributed by atoms with Gasteiger partial charge in [0.25, 0.3) is 12.3 Å². The lowest BCUT2D eigenvalue weighted by molar-refractivity contribution is 0.102. The topological polar surface area (TPSA) is 58.1 Å². The van der Waals surface area contributed by atoms with Crippen LogP contribution in [0, 0.1) is 0 Å². The average Bonchev–Trinajstić information content (AvgIpc) is 3.19. The number of hydrogen-bond donors (Lipinski definition) is 1. The smallest absolute Gasteiger partial charge is 0.291 e. The second-order valence-electron chi connectivity index (χ2n) is 5.38. The molecular formula is C15H16F2N4OS. The van der Waals surface area contributed by atoms with Gasteiger partial charge in [-0.1, -0.05) is 23.5 Å². The van der Waals surface area contributed by atoms with Crippen molar-refractivity contribution in [3.05, 3.63) is 40.4 Å². The number of halogens is 2. The predicted molar refractivity (Wildman–Crippen MR) is 83.8 cm³/mol. The molecule has 23 heavy (non-hydrogen) atoms. The van der Waals surface area contributed by atoms with E-state index in [1.165, 1.54) is 12.8 Å². The van der Waals surface area contributed by atoms with Crippen LogP contribution in [0.5, 0.6) is 0 Å². The van der Waals surface area contributed by atoms with E-state index in [4.69, 9.17) is 0 Å². The molecule has 0 bridgehead atoms. The van der Waals surface area contributed by atoms with Gasteiger partial charge >= 0.3 is 0 Å². The zero-order chi connectivity index (χ0) is 16.2. The fraction of sp³-hybridized carbons (Fsp3) is 0.400. The molecule has 0 spiro atoms. The highest BCUT2D eigenvalue weighted by atomic mass is 32.1. The van der Waals surface area contributed by atoms with E-state index >= 15 is 0 Å². The number of amides is 1. The van der Waals surface area contributed by atoms with Crippen LogP contribution in [0.4, 0.5) is 13.9 Å². The second-order valence-corrected chi connectivity index (χ2v) is 6.39. The highest BCUT2D eigenvalue weighted by molar-refractivity contribution is 7.15. The molecule has 1 aromatic carbocycles. The van der Waals surface area contributed by atoms with Gasteiger partial charge in [-0.2, -0.15) is 0 Å². The van der Waals surface area contributed by atoms with Crippen molar-refractivity contribution in [1.82, 2.24) is 15.1 Å². The third kappa shape index (κ3) is 4.08. The number of anilines is 1. The summed E-state index contributed by atoms with van der Waals surface area (Å²) in [4.78, 5) is 14.6. The highest BCUT2D eigenvalue weighted by Crippen LogP contribution is 2.25. The van der Waals surface area contributed by atoms with E-state index < -0.39 is 11.4 Å². The van der Waals surface area contributed by atoms with Gasteiger partial charge in [0.2, 0.25) is 5.13 Å². The van der Waals surface area contributed by atoms with Gasteiger partial charge in [-0.25, -0.2) is 8.78 Å². The summed E-state index contributed by atoms with van der Waals surface area (Å²) in [5.74, 6) is -0.370. The largest absolute Gasteiger partial charge is 0.299 e. The quantitative estimate of drug-likeness (QED) is 0.908. The maximum absolute atomic E-state index is 12.5. The number of carbonyl (C=O) groups is 1. The number of aromatic nitrogens is 2. The molecule has 0 unspecified atom stereocenters. The number of likely N-dealkylation sites (tertiary alicyclic amines) is 1. The molecule has 122 valence electrons. The second kappa shape index (κ2) is 7.10. The lowest BCUT2D eigenvalue weighted by atomic mass is 10.1. The minimum Gasteiger partial charge on any atom is -0.299 e. The number of benzene rings is 1. The van der Waals surface area contributed by atoms with Crippen LogP contribution in [0.2, 0.25) is 0 Å². The van der Waals surface area contributed by atoms with Gasteiger partial charge < -0.3 is 0 Å². The van der Waals surface area contributed by atoms with E-state index in [0.29, 0.717) is 16.9 Å². The monoisotopic (exact) mass is 338 g/mol. The van der Waals surface area contributed by atoms with Gasteiger partial charge in [-0.05, 0) is 43.6 Å². The number of nitrogens with zero attached hydrogens (tertiary/aromatic N) is 3.